The molecule has 0 bridgehead atoms. The lowest BCUT2D eigenvalue weighted by molar-refractivity contribution is 0.211. The predicted molar refractivity (Wildman–Crippen MR) is 81.7 cm³/mol. The fourth-order valence-electron chi connectivity index (χ4n) is 2.26. The summed E-state index contributed by atoms with van der Waals surface area (Å²) < 4.78 is 0. The van der Waals surface area contributed by atoms with Crippen LogP contribution in [0.2, 0.25) is 0 Å². The molecule has 1 heterocycles. The maximum absolute atomic E-state index is 8.71. The van der Waals surface area contributed by atoms with Crippen LogP contribution >= 0.6 is 0 Å². The topological polar surface area (TPSA) is 74.7 Å². The van der Waals surface area contributed by atoms with Gasteiger partial charge in [-0.3, -0.25) is 9.88 Å². The highest BCUT2D eigenvalue weighted by molar-refractivity contribution is 5.95. The Kier molecular flexibility index (Phi) is 6.45. The van der Waals surface area contributed by atoms with E-state index < -0.39 is 0 Å². The molecule has 0 radical (unpaired) electrons. The molecule has 5 heteroatoms. The number of pyridine rings is 1. The van der Waals surface area contributed by atoms with Crippen LogP contribution in [0.1, 0.15) is 39.0 Å². The highest BCUT2D eigenvalue weighted by atomic mass is 16.4. The van der Waals surface area contributed by atoms with E-state index in [-0.39, 0.29) is 5.84 Å². The lowest BCUT2D eigenvalue weighted by Crippen LogP contribution is -2.31. The fourth-order valence-corrected chi connectivity index (χ4v) is 2.26. The maximum Gasteiger partial charge on any atom is 0.188 e. The molecule has 1 rings (SSSR count). The molecule has 0 amide bonds. The minimum absolute atomic E-state index is 0.0473. The summed E-state index contributed by atoms with van der Waals surface area (Å²) in [6.07, 6.45) is 1.70. The van der Waals surface area contributed by atoms with E-state index >= 15 is 0 Å². The molecule has 112 valence electrons. The molecule has 1 aromatic heterocycles. The monoisotopic (exact) mass is 278 g/mol. The van der Waals surface area contributed by atoms with Gasteiger partial charge in [0.15, 0.2) is 5.84 Å². The molecule has 0 unspecified atom stereocenters. The Hall–Kier alpha value is -1.62. The fraction of sp³-hybridized carbons (Fsp3) is 0.600. The minimum Gasteiger partial charge on any atom is -0.409 e. The van der Waals surface area contributed by atoms with E-state index in [1.54, 1.807) is 6.20 Å². The standard InChI is InChI=1S/C15H26N4O/c1-11(2)8-19(9-12(3)4)10-13-5-6-17-14(7-13)15(16)18-20/h5-7,11-12,20H,8-10H2,1-4H3,(H2,16,18). The van der Waals surface area contributed by atoms with Crippen molar-refractivity contribution >= 4 is 5.84 Å². The molecule has 0 atom stereocenters. The summed E-state index contributed by atoms with van der Waals surface area (Å²) in [4.78, 5) is 6.54. The van der Waals surface area contributed by atoms with Crippen molar-refractivity contribution in [2.24, 2.45) is 22.7 Å². The highest BCUT2D eigenvalue weighted by Crippen LogP contribution is 2.11. The first kappa shape index (κ1) is 16.4. The molecule has 0 fully saturated rings. The second kappa shape index (κ2) is 7.85. The third kappa shape index (κ3) is 5.57. The Morgan fingerprint density at radius 2 is 1.90 bits per heavy atom. The predicted octanol–water partition coefficient (Wildman–Crippen LogP) is 2.29. The number of rotatable bonds is 7. The first-order chi connectivity index (χ1) is 9.42. The molecular formula is C15H26N4O. The first-order valence-corrected chi connectivity index (χ1v) is 7.07. The van der Waals surface area contributed by atoms with Crippen LogP contribution in [0.3, 0.4) is 0 Å². The molecule has 3 N–H and O–H groups in total. The number of nitrogens with zero attached hydrogens (tertiary/aromatic N) is 3. The van der Waals surface area contributed by atoms with Crippen molar-refractivity contribution in [1.29, 1.82) is 0 Å². The van der Waals surface area contributed by atoms with Gasteiger partial charge in [-0.25, -0.2) is 0 Å². The average Bonchev–Trinajstić information content (AvgIpc) is 2.36. The summed E-state index contributed by atoms with van der Waals surface area (Å²) in [6.45, 7) is 11.9. The lowest BCUT2D eigenvalue weighted by atomic mass is 10.1. The highest BCUT2D eigenvalue weighted by Gasteiger charge is 2.11. The summed E-state index contributed by atoms with van der Waals surface area (Å²) in [7, 11) is 0. The van der Waals surface area contributed by atoms with Gasteiger partial charge in [0.1, 0.15) is 5.69 Å². The van der Waals surface area contributed by atoms with Gasteiger partial charge in [-0.05, 0) is 29.5 Å². The second-order valence-electron chi connectivity index (χ2n) is 6.02. The van der Waals surface area contributed by atoms with Gasteiger partial charge in [0.25, 0.3) is 0 Å². The van der Waals surface area contributed by atoms with Crippen molar-refractivity contribution in [2.75, 3.05) is 13.1 Å². The van der Waals surface area contributed by atoms with Crippen LogP contribution in [-0.4, -0.2) is 34.0 Å². The number of hydrogen-bond donors (Lipinski definition) is 2. The first-order valence-electron chi connectivity index (χ1n) is 7.07. The summed E-state index contributed by atoms with van der Waals surface area (Å²) in [5.74, 6) is 1.30. The SMILES string of the molecule is CC(C)CN(Cc1ccnc(C(N)=NO)c1)CC(C)C. The summed E-state index contributed by atoms with van der Waals surface area (Å²) in [5.41, 5.74) is 7.22. The molecule has 0 aromatic carbocycles. The molecule has 1 aromatic rings. The largest absolute Gasteiger partial charge is 0.409 e. The van der Waals surface area contributed by atoms with E-state index in [2.05, 4.69) is 42.7 Å². The Labute approximate surface area is 121 Å². The van der Waals surface area contributed by atoms with Gasteiger partial charge in [-0.1, -0.05) is 32.9 Å². The minimum atomic E-state index is 0.0473. The van der Waals surface area contributed by atoms with Crippen molar-refractivity contribution in [1.82, 2.24) is 9.88 Å². The van der Waals surface area contributed by atoms with Crippen molar-refractivity contribution in [3.63, 3.8) is 0 Å². The lowest BCUT2D eigenvalue weighted by Gasteiger charge is -2.26. The van der Waals surface area contributed by atoms with E-state index in [1.165, 1.54) is 0 Å². The zero-order valence-electron chi connectivity index (χ0n) is 12.9. The Bertz CT molecular complexity index is 433. The molecule has 0 aliphatic carbocycles. The number of hydrogen-bond acceptors (Lipinski definition) is 4. The molecule has 0 saturated carbocycles. The summed E-state index contributed by atoms with van der Waals surface area (Å²) >= 11 is 0. The van der Waals surface area contributed by atoms with Gasteiger partial charge in [0, 0.05) is 25.8 Å². The summed E-state index contributed by atoms with van der Waals surface area (Å²) in [6, 6.07) is 3.85. The van der Waals surface area contributed by atoms with Crippen LogP contribution in [0.4, 0.5) is 0 Å². The molecule has 0 aliphatic heterocycles. The summed E-state index contributed by atoms with van der Waals surface area (Å²) in [5, 5.41) is 11.7. The van der Waals surface area contributed by atoms with Gasteiger partial charge < -0.3 is 10.9 Å². The normalized spacial score (nSPS) is 12.7. The molecule has 5 nitrogen and oxygen atoms in total. The van der Waals surface area contributed by atoms with Crippen LogP contribution in [-0.2, 0) is 6.54 Å². The van der Waals surface area contributed by atoms with Crippen molar-refractivity contribution in [3.8, 4) is 0 Å². The molecule has 20 heavy (non-hydrogen) atoms. The zero-order chi connectivity index (χ0) is 15.1. The van der Waals surface area contributed by atoms with E-state index in [0.29, 0.717) is 17.5 Å². The third-order valence-corrected chi connectivity index (χ3v) is 2.85. The number of oxime groups is 1. The number of aromatic nitrogens is 1. The van der Waals surface area contributed by atoms with Crippen LogP contribution in [0.25, 0.3) is 0 Å². The van der Waals surface area contributed by atoms with Crippen LogP contribution < -0.4 is 5.73 Å². The van der Waals surface area contributed by atoms with Crippen molar-refractivity contribution in [2.45, 2.75) is 34.2 Å². The quantitative estimate of drug-likeness (QED) is 0.347. The van der Waals surface area contributed by atoms with Crippen LogP contribution in [0.15, 0.2) is 23.5 Å². The van der Waals surface area contributed by atoms with E-state index in [4.69, 9.17) is 10.9 Å². The molecule has 0 saturated heterocycles. The van der Waals surface area contributed by atoms with Gasteiger partial charge in [-0.2, -0.15) is 0 Å². The Morgan fingerprint density at radius 3 is 2.40 bits per heavy atom. The molecule has 0 spiro atoms. The third-order valence-electron chi connectivity index (χ3n) is 2.85. The Balaban J connectivity index is 2.82. The van der Waals surface area contributed by atoms with Gasteiger partial charge in [0.05, 0.1) is 0 Å². The van der Waals surface area contributed by atoms with E-state index in [0.717, 1.165) is 25.2 Å². The zero-order valence-corrected chi connectivity index (χ0v) is 12.9. The maximum atomic E-state index is 8.71. The van der Waals surface area contributed by atoms with E-state index in [9.17, 15) is 0 Å². The smallest absolute Gasteiger partial charge is 0.188 e. The average molecular weight is 278 g/mol. The molecular weight excluding hydrogens is 252 g/mol. The second-order valence-corrected chi connectivity index (χ2v) is 6.02. The van der Waals surface area contributed by atoms with Gasteiger partial charge in [-0.15, -0.1) is 0 Å². The number of amidine groups is 1. The van der Waals surface area contributed by atoms with Gasteiger partial charge in [0.2, 0.25) is 0 Å². The van der Waals surface area contributed by atoms with Crippen LogP contribution in [0, 0.1) is 11.8 Å². The Morgan fingerprint density at radius 1 is 1.30 bits per heavy atom. The van der Waals surface area contributed by atoms with Crippen molar-refractivity contribution in [3.05, 3.63) is 29.6 Å². The molecule has 0 aliphatic rings. The van der Waals surface area contributed by atoms with Gasteiger partial charge >= 0.3 is 0 Å². The van der Waals surface area contributed by atoms with Crippen molar-refractivity contribution < 1.29 is 5.21 Å². The van der Waals surface area contributed by atoms with Crippen LogP contribution in [0.5, 0.6) is 0 Å². The van der Waals surface area contributed by atoms with E-state index in [1.807, 2.05) is 12.1 Å². The number of nitrogens with two attached hydrogens (primary N) is 1.